The second kappa shape index (κ2) is 6.34. The zero-order chi connectivity index (χ0) is 12.8. The van der Waals surface area contributed by atoms with E-state index in [-0.39, 0.29) is 16.1 Å². The molecule has 92 valence electrons. The zero-order valence-electron chi connectivity index (χ0n) is 9.35. The van der Waals surface area contributed by atoms with Crippen molar-refractivity contribution in [3.8, 4) is 0 Å². The predicted octanol–water partition coefficient (Wildman–Crippen LogP) is 2.50. The molecule has 1 unspecified atom stereocenters. The second-order valence-electron chi connectivity index (χ2n) is 3.49. The molecule has 0 radical (unpaired) electrons. The van der Waals surface area contributed by atoms with Gasteiger partial charge in [0.1, 0.15) is 5.56 Å². The quantitative estimate of drug-likeness (QED) is 0.516. The molecular formula is C11H13BrN2O3. The molecule has 1 aromatic rings. The normalized spacial score (nSPS) is 11.9. The highest BCUT2D eigenvalue weighted by Crippen LogP contribution is 2.17. The summed E-state index contributed by atoms with van der Waals surface area (Å²) in [4.78, 5) is 22.1. The molecule has 0 aromatic heterocycles. The summed E-state index contributed by atoms with van der Waals surface area (Å²) >= 11 is 3.38. The molecule has 17 heavy (non-hydrogen) atoms. The lowest BCUT2D eigenvalue weighted by atomic mass is 10.1. The molecule has 0 fully saturated rings. The number of nitro groups is 1. The first-order valence-electron chi connectivity index (χ1n) is 5.22. The van der Waals surface area contributed by atoms with Crippen LogP contribution in [0.2, 0.25) is 0 Å². The van der Waals surface area contributed by atoms with Crippen LogP contribution in [0, 0.1) is 10.1 Å². The van der Waals surface area contributed by atoms with Gasteiger partial charge in [-0.05, 0) is 12.5 Å². The number of carbonyl (C=O) groups is 1. The number of rotatable bonds is 5. The molecule has 1 atom stereocenters. The monoisotopic (exact) mass is 300 g/mol. The smallest absolute Gasteiger partial charge is 0.282 e. The molecule has 5 nitrogen and oxygen atoms in total. The lowest BCUT2D eigenvalue weighted by molar-refractivity contribution is -0.385. The standard InChI is InChI=1S/C11H13BrN2O3/c1-2-8(12)7-13-11(15)9-5-3-4-6-10(9)14(16)17/h3-6,8H,2,7H2,1H3,(H,13,15). The van der Waals surface area contributed by atoms with Crippen molar-refractivity contribution >= 4 is 27.5 Å². The van der Waals surface area contributed by atoms with E-state index >= 15 is 0 Å². The van der Waals surface area contributed by atoms with Crippen LogP contribution in [0.5, 0.6) is 0 Å². The Morgan fingerprint density at radius 2 is 2.18 bits per heavy atom. The SMILES string of the molecule is CCC(Br)CNC(=O)c1ccccc1[N+](=O)[O-]. The van der Waals surface area contributed by atoms with Crippen LogP contribution in [0.25, 0.3) is 0 Å². The molecule has 1 aromatic carbocycles. The minimum Gasteiger partial charge on any atom is -0.351 e. The van der Waals surface area contributed by atoms with Crippen LogP contribution in [0.1, 0.15) is 23.7 Å². The van der Waals surface area contributed by atoms with E-state index in [0.717, 1.165) is 6.42 Å². The van der Waals surface area contributed by atoms with E-state index < -0.39 is 10.8 Å². The van der Waals surface area contributed by atoms with Gasteiger partial charge in [0.15, 0.2) is 0 Å². The first kappa shape index (κ1) is 13.6. The molecule has 0 aliphatic carbocycles. The highest BCUT2D eigenvalue weighted by molar-refractivity contribution is 9.09. The summed E-state index contributed by atoms with van der Waals surface area (Å²) < 4.78 is 0. The van der Waals surface area contributed by atoms with Crippen molar-refractivity contribution in [2.45, 2.75) is 18.2 Å². The molecule has 1 amide bonds. The minimum atomic E-state index is -0.555. The Balaban J connectivity index is 2.78. The van der Waals surface area contributed by atoms with Gasteiger partial charge in [0.25, 0.3) is 11.6 Å². The Morgan fingerprint density at radius 3 is 2.76 bits per heavy atom. The van der Waals surface area contributed by atoms with Gasteiger partial charge in [-0.2, -0.15) is 0 Å². The van der Waals surface area contributed by atoms with Gasteiger partial charge in [0.2, 0.25) is 0 Å². The maximum absolute atomic E-state index is 11.8. The van der Waals surface area contributed by atoms with E-state index in [9.17, 15) is 14.9 Å². The van der Waals surface area contributed by atoms with Crippen LogP contribution >= 0.6 is 15.9 Å². The van der Waals surface area contributed by atoms with Crippen molar-refractivity contribution in [2.24, 2.45) is 0 Å². The van der Waals surface area contributed by atoms with Crippen LogP contribution in [-0.4, -0.2) is 22.2 Å². The Labute approximate surface area is 107 Å². The number of amides is 1. The van der Waals surface area contributed by atoms with Gasteiger partial charge in [0.05, 0.1) is 4.92 Å². The van der Waals surface area contributed by atoms with Gasteiger partial charge in [0, 0.05) is 17.4 Å². The lowest BCUT2D eigenvalue weighted by Crippen LogP contribution is -2.29. The van der Waals surface area contributed by atoms with Crippen molar-refractivity contribution in [3.63, 3.8) is 0 Å². The summed E-state index contributed by atoms with van der Waals surface area (Å²) in [5.41, 5.74) is -0.0825. The van der Waals surface area contributed by atoms with Crippen LogP contribution in [0.15, 0.2) is 24.3 Å². The van der Waals surface area contributed by atoms with E-state index in [2.05, 4.69) is 21.2 Å². The molecule has 0 aliphatic rings. The van der Waals surface area contributed by atoms with Crippen LogP contribution in [0.4, 0.5) is 5.69 Å². The maximum atomic E-state index is 11.8. The van der Waals surface area contributed by atoms with E-state index in [4.69, 9.17) is 0 Å². The Kier molecular flexibility index (Phi) is 5.09. The summed E-state index contributed by atoms with van der Waals surface area (Å²) in [5.74, 6) is -0.421. The second-order valence-corrected chi connectivity index (χ2v) is 4.78. The summed E-state index contributed by atoms with van der Waals surface area (Å²) in [6.45, 7) is 2.43. The predicted molar refractivity (Wildman–Crippen MR) is 68.4 cm³/mol. The third kappa shape index (κ3) is 3.81. The summed E-state index contributed by atoms with van der Waals surface area (Å²) in [5, 5.41) is 13.4. The topological polar surface area (TPSA) is 72.2 Å². The van der Waals surface area contributed by atoms with E-state index in [1.165, 1.54) is 18.2 Å². The third-order valence-corrected chi connectivity index (χ3v) is 3.24. The van der Waals surface area contributed by atoms with Crippen LogP contribution in [0.3, 0.4) is 0 Å². The summed E-state index contributed by atoms with van der Waals surface area (Å²) in [6, 6.07) is 5.91. The summed E-state index contributed by atoms with van der Waals surface area (Å²) in [6.07, 6.45) is 0.872. The van der Waals surface area contributed by atoms with E-state index in [1.54, 1.807) is 6.07 Å². The number of alkyl halides is 1. The van der Waals surface area contributed by atoms with Gasteiger partial charge in [-0.3, -0.25) is 14.9 Å². The molecule has 6 heteroatoms. The van der Waals surface area contributed by atoms with Gasteiger partial charge >= 0.3 is 0 Å². The molecule has 1 N–H and O–H groups in total. The first-order valence-corrected chi connectivity index (χ1v) is 6.13. The molecule has 0 spiro atoms. The molecular weight excluding hydrogens is 288 g/mol. The largest absolute Gasteiger partial charge is 0.351 e. The number of carbonyl (C=O) groups excluding carboxylic acids is 1. The number of hydrogen-bond donors (Lipinski definition) is 1. The third-order valence-electron chi connectivity index (χ3n) is 2.27. The van der Waals surface area contributed by atoms with Crippen molar-refractivity contribution in [1.29, 1.82) is 0 Å². The maximum Gasteiger partial charge on any atom is 0.282 e. The number of nitrogens with zero attached hydrogens (tertiary/aromatic N) is 1. The number of benzene rings is 1. The minimum absolute atomic E-state index is 0.0910. The van der Waals surface area contributed by atoms with E-state index in [1.807, 2.05) is 6.92 Å². The van der Waals surface area contributed by atoms with Crippen molar-refractivity contribution in [3.05, 3.63) is 39.9 Å². The number of nitro benzene ring substituents is 1. The number of nitrogens with one attached hydrogen (secondary N) is 1. The lowest BCUT2D eigenvalue weighted by Gasteiger charge is -2.08. The highest BCUT2D eigenvalue weighted by Gasteiger charge is 2.19. The molecule has 1 rings (SSSR count). The van der Waals surface area contributed by atoms with Gasteiger partial charge in [-0.1, -0.05) is 35.0 Å². The zero-order valence-corrected chi connectivity index (χ0v) is 10.9. The molecule has 0 heterocycles. The Bertz CT molecular complexity index is 423. The molecule has 0 bridgehead atoms. The molecule has 0 aliphatic heterocycles. The van der Waals surface area contributed by atoms with Crippen molar-refractivity contribution < 1.29 is 9.72 Å². The number of hydrogen-bond acceptors (Lipinski definition) is 3. The van der Waals surface area contributed by atoms with Crippen LogP contribution < -0.4 is 5.32 Å². The van der Waals surface area contributed by atoms with Crippen LogP contribution in [-0.2, 0) is 0 Å². The fraction of sp³-hybridized carbons (Fsp3) is 0.364. The summed E-state index contributed by atoms with van der Waals surface area (Å²) in [7, 11) is 0. The fourth-order valence-electron chi connectivity index (χ4n) is 1.27. The van der Waals surface area contributed by atoms with Crippen molar-refractivity contribution in [2.75, 3.05) is 6.54 Å². The average molecular weight is 301 g/mol. The van der Waals surface area contributed by atoms with Gasteiger partial charge in [-0.25, -0.2) is 0 Å². The Hall–Kier alpha value is -1.43. The average Bonchev–Trinajstić information content (AvgIpc) is 2.35. The fourth-order valence-corrected chi connectivity index (χ4v) is 1.43. The Morgan fingerprint density at radius 1 is 1.53 bits per heavy atom. The molecule has 0 saturated heterocycles. The van der Waals surface area contributed by atoms with Crippen molar-refractivity contribution in [1.82, 2.24) is 5.32 Å². The highest BCUT2D eigenvalue weighted by atomic mass is 79.9. The van der Waals surface area contributed by atoms with E-state index in [0.29, 0.717) is 6.54 Å². The molecule has 0 saturated carbocycles. The first-order chi connectivity index (χ1) is 8.06. The van der Waals surface area contributed by atoms with Gasteiger partial charge < -0.3 is 5.32 Å². The van der Waals surface area contributed by atoms with Gasteiger partial charge in [-0.15, -0.1) is 0 Å². The number of halogens is 1. The number of para-hydroxylation sites is 1.